The van der Waals surface area contributed by atoms with Crippen molar-refractivity contribution in [3.8, 4) is 23.1 Å². The number of hydrogen-bond acceptors (Lipinski definition) is 7. The van der Waals surface area contributed by atoms with Crippen LogP contribution in [0.25, 0.3) is 17.1 Å². The molecule has 2 aromatic carbocycles. The fourth-order valence-electron chi connectivity index (χ4n) is 2.39. The fourth-order valence-corrected chi connectivity index (χ4v) is 2.39. The number of rotatable bonds is 4. The Bertz CT molecular complexity index is 1070. The Morgan fingerprint density at radius 1 is 1.08 bits per heavy atom. The van der Waals surface area contributed by atoms with Gasteiger partial charge in [-0.1, -0.05) is 0 Å². The predicted molar refractivity (Wildman–Crippen MR) is 89.6 cm³/mol. The summed E-state index contributed by atoms with van der Waals surface area (Å²) in [5, 5.41) is 35.3. The minimum Gasteiger partial charge on any atom is -0.258 e. The highest BCUT2D eigenvalue weighted by atomic mass is 16.6. The summed E-state index contributed by atoms with van der Waals surface area (Å²) in [4.78, 5) is 25.1. The normalized spacial score (nSPS) is 10.3. The second kappa shape index (κ2) is 6.40. The van der Waals surface area contributed by atoms with E-state index in [1.165, 1.54) is 16.8 Å². The molecule has 0 amide bonds. The Morgan fingerprint density at radius 2 is 1.77 bits per heavy atom. The molecule has 0 aliphatic carbocycles. The number of aromatic nitrogens is 3. The van der Waals surface area contributed by atoms with Crippen LogP contribution in [0.5, 0.6) is 0 Å². The van der Waals surface area contributed by atoms with E-state index in [1.807, 2.05) is 6.07 Å². The number of aryl methyl sites for hydroxylation is 1. The molecule has 0 fully saturated rings. The van der Waals surface area contributed by atoms with Crippen LogP contribution in [-0.4, -0.2) is 24.6 Å². The maximum absolute atomic E-state index is 11.3. The molecule has 0 bridgehead atoms. The average molecular weight is 350 g/mol. The van der Waals surface area contributed by atoms with Gasteiger partial charge in [0.05, 0.1) is 27.5 Å². The number of nitro benzene ring substituents is 2. The zero-order valence-electron chi connectivity index (χ0n) is 13.4. The third-order valence-electron chi connectivity index (χ3n) is 3.64. The zero-order valence-corrected chi connectivity index (χ0v) is 13.4. The molecular formula is C16H10N6O4. The third-order valence-corrected chi connectivity index (χ3v) is 3.64. The molecule has 0 unspecified atom stereocenters. The van der Waals surface area contributed by atoms with Gasteiger partial charge in [0.25, 0.3) is 5.69 Å². The van der Waals surface area contributed by atoms with E-state index in [1.54, 1.807) is 31.2 Å². The lowest BCUT2D eigenvalue weighted by molar-refractivity contribution is -0.394. The van der Waals surface area contributed by atoms with Crippen molar-refractivity contribution in [3.63, 3.8) is 0 Å². The summed E-state index contributed by atoms with van der Waals surface area (Å²) < 4.78 is 1.26. The summed E-state index contributed by atoms with van der Waals surface area (Å²) in [5.74, 6) is 0.695. The van der Waals surface area contributed by atoms with Gasteiger partial charge in [0.1, 0.15) is 11.5 Å². The molecule has 0 aliphatic rings. The van der Waals surface area contributed by atoms with Crippen LogP contribution in [0.15, 0.2) is 42.5 Å². The van der Waals surface area contributed by atoms with Crippen molar-refractivity contribution in [2.24, 2.45) is 0 Å². The Labute approximate surface area is 146 Å². The van der Waals surface area contributed by atoms with Crippen LogP contribution >= 0.6 is 0 Å². The first kappa shape index (κ1) is 16.7. The molecule has 0 saturated heterocycles. The molecule has 26 heavy (non-hydrogen) atoms. The molecule has 0 radical (unpaired) electrons. The summed E-state index contributed by atoms with van der Waals surface area (Å²) >= 11 is 0. The van der Waals surface area contributed by atoms with Crippen LogP contribution in [0.2, 0.25) is 0 Å². The van der Waals surface area contributed by atoms with E-state index in [2.05, 4.69) is 10.1 Å². The first-order chi connectivity index (χ1) is 12.4. The number of hydrogen-bond donors (Lipinski definition) is 0. The molecule has 3 rings (SSSR count). The second-order valence-electron chi connectivity index (χ2n) is 5.27. The molecule has 3 aromatic rings. The summed E-state index contributed by atoms with van der Waals surface area (Å²) in [7, 11) is 0. The highest BCUT2D eigenvalue weighted by Crippen LogP contribution is 2.29. The highest BCUT2D eigenvalue weighted by molar-refractivity contribution is 5.60. The minimum absolute atomic E-state index is 0.0745. The Morgan fingerprint density at radius 3 is 2.35 bits per heavy atom. The number of nitrogens with zero attached hydrogens (tertiary/aromatic N) is 6. The van der Waals surface area contributed by atoms with Crippen LogP contribution in [0, 0.1) is 38.5 Å². The van der Waals surface area contributed by atoms with Gasteiger partial charge in [0.15, 0.2) is 5.82 Å². The van der Waals surface area contributed by atoms with Gasteiger partial charge < -0.3 is 0 Å². The fraction of sp³-hybridized carbons (Fsp3) is 0.0625. The van der Waals surface area contributed by atoms with Crippen LogP contribution in [0.4, 0.5) is 11.4 Å². The number of nitriles is 1. The third kappa shape index (κ3) is 2.96. The molecule has 1 heterocycles. The SMILES string of the molecule is Cc1nc(-c2ccc(C#N)cc2)nn1-c1ccc([N+](=O)[O-])cc1[N+](=O)[O-]. The molecule has 128 valence electrons. The first-order valence-corrected chi connectivity index (χ1v) is 7.28. The van der Waals surface area contributed by atoms with Gasteiger partial charge in [0, 0.05) is 11.6 Å². The predicted octanol–water partition coefficient (Wildman–Crippen LogP) is 2.93. The lowest BCUT2D eigenvalue weighted by Crippen LogP contribution is -2.04. The van der Waals surface area contributed by atoms with Gasteiger partial charge in [-0.2, -0.15) is 5.26 Å². The lowest BCUT2D eigenvalue weighted by atomic mass is 10.1. The van der Waals surface area contributed by atoms with Crippen molar-refractivity contribution in [1.29, 1.82) is 5.26 Å². The number of nitro groups is 2. The van der Waals surface area contributed by atoms with Crippen molar-refractivity contribution >= 4 is 11.4 Å². The van der Waals surface area contributed by atoms with E-state index in [4.69, 9.17) is 5.26 Å². The molecule has 0 aliphatic heterocycles. The summed E-state index contributed by atoms with van der Waals surface area (Å²) in [5.41, 5.74) is 0.362. The van der Waals surface area contributed by atoms with Gasteiger partial charge >= 0.3 is 5.69 Å². The Kier molecular flexibility index (Phi) is 4.12. The van der Waals surface area contributed by atoms with Crippen molar-refractivity contribution < 1.29 is 9.85 Å². The van der Waals surface area contributed by atoms with E-state index in [0.29, 0.717) is 22.8 Å². The molecule has 0 N–H and O–H groups in total. The van der Waals surface area contributed by atoms with Crippen molar-refractivity contribution in [2.75, 3.05) is 0 Å². The zero-order chi connectivity index (χ0) is 18.8. The van der Waals surface area contributed by atoms with Gasteiger partial charge in [-0.25, -0.2) is 9.67 Å². The monoisotopic (exact) mass is 350 g/mol. The van der Waals surface area contributed by atoms with E-state index < -0.39 is 15.5 Å². The van der Waals surface area contributed by atoms with Crippen LogP contribution in [0.3, 0.4) is 0 Å². The van der Waals surface area contributed by atoms with Crippen LogP contribution in [0.1, 0.15) is 11.4 Å². The van der Waals surface area contributed by atoms with E-state index in [9.17, 15) is 20.2 Å². The number of non-ortho nitro benzene ring substituents is 1. The Balaban J connectivity index is 2.10. The maximum Gasteiger partial charge on any atom is 0.301 e. The van der Waals surface area contributed by atoms with Gasteiger partial charge in [0.2, 0.25) is 0 Å². The summed E-state index contributed by atoms with van der Waals surface area (Å²) in [6, 6.07) is 11.9. The van der Waals surface area contributed by atoms with Crippen molar-refractivity contribution in [3.05, 3.63) is 74.1 Å². The quantitative estimate of drug-likeness (QED) is 0.520. The van der Waals surface area contributed by atoms with Crippen LogP contribution in [-0.2, 0) is 0 Å². The molecule has 0 saturated carbocycles. The van der Waals surface area contributed by atoms with Crippen molar-refractivity contribution in [1.82, 2.24) is 14.8 Å². The molecule has 0 spiro atoms. The minimum atomic E-state index is -0.704. The number of benzene rings is 2. The first-order valence-electron chi connectivity index (χ1n) is 7.28. The van der Waals surface area contributed by atoms with Gasteiger partial charge in [-0.05, 0) is 37.3 Å². The maximum atomic E-state index is 11.3. The molecule has 0 atom stereocenters. The van der Waals surface area contributed by atoms with E-state index >= 15 is 0 Å². The highest BCUT2D eigenvalue weighted by Gasteiger charge is 2.23. The Hall–Kier alpha value is -4.13. The van der Waals surface area contributed by atoms with Gasteiger partial charge in [-0.15, -0.1) is 5.10 Å². The summed E-state index contributed by atoms with van der Waals surface area (Å²) in [6.45, 7) is 1.62. The standard InChI is InChI=1S/C16H10N6O4/c1-10-18-16(12-4-2-11(9-17)3-5-12)19-20(10)14-7-6-13(21(23)24)8-15(14)22(25)26/h2-8H,1H3. The molecule has 1 aromatic heterocycles. The van der Waals surface area contributed by atoms with E-state index in [-0.39, 0.29) is 11.4 Å². The smallest absolute Gasteiger partial charge is 0.258 e. The lowest BCUT2D eigenvalue weighted by Gasteiger charge is -2.04. The molecular weight excluding hydrogens is 340 g/mol. The molecule has 10 nitrogen and oxygen atoms in total. The van der Waals surface area contributed by atoms with Crippen LogP contribution < -0.4 is 0 Å². The molecule has 10 heteroatoms. The second-order valence-corrected chi connectivity index (χ2v) is 5.27. The topological polar surface area (TPSA) is 141 Å². The average Bonchev–Trinajstić information content (AvgIpc) is 3.02. The largest absolute Gasteiger partial charge is 0.301 e. The van der Waals surface area contributed by atoms with E-state index in [0.717, 1.165) is 6.07 Å². The summed E-state index contributed by atoms with van der Waals surface area (Å²) in [6.07, 6.45) is 0. The van der Waals surface area contributed by atoms with Gasteiger partial charge in [-0.3, -0.25) is 20.2 Å². The van der Waals surface area contributed by atoms with Crippen molar-refractivity contribution in [2.45, 2.75) is 6.92 Å².